The Morgan fingerprint density at radius 2 is 1.65 bits per heavy atom. The molecule has 1 nitrogen and oxygen atoms in total. The smallest absolute Gasteiger partial charge is 0.124 e. The number of benzene rings is 1. The summed E-state index contributed by atoms with van der Waals surface area (Å²) in [7, 11) is 0. The first kappa shape index (κ1) is 14.5. The topological polar surface area (TPSA) is 20.2 Å². The van der Waals surface area contributed by atoms with Crippen molar-refractivity contribution in [3.63, 3.8) is 0 Å². The van der Waals surface area contributed by atoms with Crippen LogP contribution in [0.15, 0.2) is 22.7 Å². The lowest BCUT2D eigenvalue weighted by Gasteiger charge is -2.42. The summed E-state index contributed by atoms with van der Waals surface area (Å²) in [6.45, 7) is 0. The third-order valence-corrected chi connectivity index (χ3v) is 5.82. The highest BCUT2D eigenvalue weighted by molar-refractivity contribution is 9.10. The Bertz CT molecular complexity index is 464. The van der Waals surface area contributed by atoms with Crippen molar-refractivity contribution in [2.45, 2.75) is 63.4 Å². The first-order valence-electron chi connectivity index (χ1n) is 7.66. The van der Waals surface area contributed by atoms with Crippen LogP contribution in [0.3, 0.4) is 0 Å². The van der Waals surface area contributed by atoms with E-state index in [9.17, 15) is 9.50 Å². The minimum atomic E-state index is -0.638. The first-order chi connectivity index (χ1) is 9.49. The van der Waals surface area contributed by atoms with Gasteiger partial charge in [-0.3, -0.25) is 0 Å². The van der Waals surface area contributed by atoms with Crippen LogP contribution in [-0.4, -0.2) is 10.7 Å². The molecule has 110 valence electrons. The van der Waals surface area contributed by atoms with Gasteiger partial charge in [0.15, 0.2) is 0 Å². The lowest BCUT2D eigenvalue weighted by atomic mass is 9.66. The quantitative estimate of drug-likeness (QED) is 0.803. The van der Waals surface area contributed by atoms with Gasteiger partial charge < -0.3 is 5.11 Å². The van der Waals surface area contributed by atoms with Gasteiger partial charge in [-0.1, -0.05) is 28.8 Å². The van der Waals surface area contributed by atoms with Gasteiger partial charge in [0.25, 0.3) is 0 Å². The summed E-state index contributed by atoms with van der Waals surface area (Å²) in [5, 5.41) is 10.8. The summed E-state index contributed by atoms with van der Waals surface area (Å²) in [5.74, 6) is -0.235. The van der Waals surface area contributed by atoms with Gasteiger partial charge >= 0.3 is 0 Å². The van der Waals surface area contributed by atoms with Crippen molar-refractivity contribution >= 4 is 15.9 Å². The Balaban J connectivity index is 1.68. The maximum atomic E-state index is 13.4. The number of halogens is 2. The van der Waals surface area contributed by atoms with E-state index in [0.29, 0.717) is 11.8 Å². The molecule has 0 heterocycles. The second-order valence-electron chi connectivity index (χ2n) is 6.89. The summed E-state index contributed by atoms with van der Waals surface area (Å²) in [6, 6.07) is 4.92. The van der Waals surface area contributed by atoms with Gasteiger partial charge in [-0.25, -0.2) is 4.39 Å². The Morgan fingerprint density at radius 1 is 1.00 bits per heavy atom. The predicted octanol–water partition coefficient (Wildman–Crippen LogP) is 5.00. The Labute approximate surface area is 128 Å². The van der Waals surface area contributed by atoms with Crippen molar-refractivity contribution in [3.05, 3.63) is 34.1 Å². The molecule has 0 unspecified atom stereocenters. The number of rotatable bonds is 2. The monoisotopic (exact) mass is 340 g/mol. The molecule has 20 heavy (non-hydrogen) atoms. The molecule has 1 spiro atoms. The average Bonchev–Trinajstić information content (AvgIpc) is 2.81. The summed E-state index contributed by atoms with van der Waals surface area (Å²) in [6.07, 6.45) is 9.97. The zero-order valence-corrected chi connectivity index (χ0v) is 13.4. The van der Waals surface area contributed by atoms with Crippen LogP contribution in [0.1, 0.15) is 56.9 Å². The Hall–Kier alpha value is -0.410. The van der Waals surface area contributed by atoms with Crippen LogP contribution in [0.5, 0.6) is 0 Å². The van der Waals surface area contributed by atoms with Crippen LogP contribution in [0.25, 0.3) is 0 Å². The molecule has 0 radical (unpaired) electrons. The molecule has 0 aliphatic heterocycles. The van der Waals surface area contributed by atoms with Gasteiger partial charge in [-0.2, -0.15) is 0 Å². The standard InChI is InChI=1S/C17H22BrFO/c18-14-9-13(10-15(19)11-14)12-17(20)7-5-16(6-8-17)3-1-2-4-16/h9-11,20H,1-8,12H2. The fourth-order valence-electron chi connectivity index (χ4n) is 4.14. The minimum Gasteiger partial charge on any atom is -0.390 e. The third kappa shape index (κ3) is 3.09. The van der Waals surface area contributed by atoms with E-state index < -0.39 is 5.60 Å². The van der Waals surface area contributed by atoms with Gasteiger partial charge in [0.05, 0.1) is 5.60 Å². The zero-order chi connectivity index (χ0) is 14.2. The zero-order valence-electron chi connectivity index (χ0n) is 11.8. The van der Waals surface area contributed by atoms with Gasteiger partial charge in [-0.15, -0.1) is 0 Å². The second kappa shape index (κ2) is 5.42. The molecule has 2 fully saturated rings. The highest BCUT2D eigenvalue weighted by atomic mass is 79.9. The van der Waals surface area contributed by atoms with Crippen LogP contribution in [-0.2, 0) is 6.42 Å². The average molecular weight is 341 g/mol. The lowest BCUT2D eigenvalue weighted by molar-refractivity contribution is -0.0322. The largest absolute Gasteiger partial charge is 0.390 e. The minimum absolute atomic E-state index is 0.235. The molecule has 1 aromatic rings. The van der Waals surface area contributed by atoms with Crippen molar-refractivity contribution in [1.82, 2.24) is 0 Å². The van der Waals surface area contributed by atoms with Crippen LogP contribution in [0.4, 0.5) is 4.39 Å². The van der Waals surface area contributed by atoms with Gasteiger partial charge in [-0.05, 0) is 67.7 Å². The highest BCUT2D eigenvalue weighted by Gasteiger charge is 2.42. The first-order valence-corrected chi connectivity index (χ1v) is 8.46. The molecule has 2 saturated carbocycles. The van der Waals surface area contributed by atoms with Crippen LogP contribution in [0.2, 0.25) is 0 Å². The number of hydrogen-bond acceptors (Lipinski definition) is 1. The van der Waals surface area contributed by atoms with Crippen molar-refractivity contribution < 1.29 is 9.50 Å². The fourth-order valence-corrected chi connectivity index (χ4v) is 4.65. The Kier molecular flexibility index (Phi) is 3.93. The summed E-state index contributed by atoms with van der Waals surface area (Å²) in [5.41, 5.74) is 0.775. The third-order valence-electron chi connectivity index (χ3n) is 5.36. The number of hydrogen-bond donors (Lipinski definition) is 1. The molecule has 1 aromatic carbocycles. The van der Waals surface area contributed by atoms with E-state index in [1.807, 2.05) is 6.07 Å². The SMILES string of the molecule is OC1(Cc2cc(F)cc(Br)c2)CCC2(CCCC2)CC1. The van der Waals surface area contributed by atoms with E-state index in [1.165, 1.54) is 31.7 Å². The maximum Gasteiger partial charge on any atom is 0.124 e. The summed E-state index contributed by atoms with van der Waals surface area (Å²) >= 11 is 3.32. The fraction of sp³-hybridized carbons (Fsp3) is 0.647. The predicted molar refractivity (Wildman–Crippen MR) is 82.1 cm³/mol. The summed E-state index contributed by atoms with van der Waals surface area (Å²) in [4.78, 5) is 0. The molecule has 3 rings (SSSR count). The molecule has 3 heteroatoms. The Morgan fingerprint density at radius 3 is 2.25 bits per heavy atom. The molecule has 1 N–H and O–H groups in total. The van der Waals surface area contributed by atoms with Crippen molar-refractivity contribution in [2.75, 3.05) is 0 Å². The molecule has 0 atom stereocenters. The van der Waals surface area contributed by atoms with E-state index in [4.69, 9.17) is 0 Å². The molecule has 0 amide bonds. The van der Waals surface area contributed by atoms with E-state index in [0.717, 1.165) is 35.7 Å². The normalized spacial score (nSPS) is 24.1. The van der Waals surface area contributed by atoms with Crippen LogP contribution >= 0.6 is 15.9 Å². The van der Waals surface area contributed by atoms with Gasteiger partial charge in [0, 0.05) is 10.9 Å². The molecule has 0 bridgehead atoms. The van der Waals surface area contributed by atoms with Crippen molar-refractivity contribution in [2.24, 2.45) is 5.41 Å². The van der Waals surface area contributed by atoms with Gasteiger partial charge in [0.1, 0.15) is 5.82 Å². The number of aliphatic hydroxyl groups is 1. The van der Waals surface area contributed by atoms with E-state index in [1.54, 1.807) is 6.07 Å². The second-order valence-corrected chi connectivity index (χ2v) is 7.80. The highest BCUT2D eigenvalue weighted by Crippen LogP contribution is 2.51. The van der Waals surface area contributed by atoms with E-state index in [2.05, 4.69) is 15.9 Å². The summed E-state index contributed by atoms with van der Waals surface area (Å²) < 4.78 is 14.2. The molecule has 0 saturated heterocycles. The van der Waals surface area contributed by atoms with Gasteiger partial charge in [0.2, 0.25) is 0 Å². The van der Waals surface area contributed by atoms with E-state index in [-0.39, 0.29) is 5.82 Å². The van der Waals surface area contributed by atoms with E-state index >= 15 is 0 Å². The molecular weight excluding hydrogens is 319 g/mol. The lowest BCUT2D eigenvalue weighted by Crippen LogP contribution is -2.39. The van der Waals surface area contributed by atoms with Crippen molar-refractivity contribution in [3.8, 4) is 0 Å². The van der Waals surface area contributed by atoms with Crippen LogP contribution in [0, 0.1) is 11.2 Å². The molecule has 2 aliphatic carbocycles. The molecular formula is C17H22BrFO. The maximum absolute atomic E-state index is 13.4. The van der Waals surface area contributed by atoms with Crippen LogP contribution < -0.4 is 0 Å². The molecule has 0 aromatic heterocycles. The molecule has 2 aliphatic rings. The van der Waals surface area contributed by atoms with Crippen molar-refractivity contribution in [1.29, 1.82) is 0 Å².